The van der Waals surface area contributed by atoms with Crippen LogP contribution in [0.15, 0.2) is 41.4 Å². The number of sulfonamides is 1. The van der Waals surface area contributed by atoms with Gasteiger partial charge in [0, 0.05) is 11.2 Å². The molecule has 0 amide bonds. The summed E-state index contributed by atoms with van der Waals surface area (Å²) in [7, 11) is -3.80. The van der Waals surface area contributed by atoms with Crippen LogP contribution in [0.2, 0.25) is 10.0 Å². The summed E-state index contributed by atoms with van der Waals surface area (Å²) in [5, 5.41) is 0.519. The molecule has 1 aromatic carbocycles. The molecule has 0 saturated heterocycles. The molecule has 0 aliphatic heterocycles. The largest absolute Gasteiger partial charge is 0.307 e. The number of hydrogen-bond donors (Lipinski definition) is 3. The van der Waals surface area contributed by atoms with Crippen LogP contribution in [0.5, 0.6) is 0 Å². The van der Waals surface area contributed by atoms with Crippen molar-refractivity contribution in [3.63, 3.8) is 0 Å². The van der Waals surface area contributed by atoms with E-state index in [2.05, 4.69) is 15.1 Å². The second-order valence-corrected chi connectivity index (χ2v) is 6.29. The Kier molecular flexibility index (Phi) is 4.34. The van der Waals surface area contributed by atoms with Crippen molar-refractivity contribution in [3.8, 4) is 0 Å². The molecule has 0 spiro atoms. The zero-order chi connectivity index (χ0) is 14.8. The van der Waals surface area contributed by atoms with Crippen LogP contribution in [0.25, 0.3) is 0 Å². The summed E-state index contributed by atoms with van der Waals surface area (Å²) >= 11 is 11.6. The van der Waals surface area contributed by atoms with Gasteiger partial charge in [-0.3, -0.25) is 4.72 Å². The maximum Gasteiger partial charge on any atom is 0.263 e. The summed E-state index contributed by atoms with van der Waals surface area (Å²) in [4.78, 5) is 3.73. The van der Waals surface area contributed by atoms with Crippen molar-refractivity contribution in [2.24, 2.45) is 5.84 Å². The average molecular weight is 333 g/mol. The zero-order valence-electron chi connectivity index (χ0n) is 9.97. The molecule has 2 aromatic rings. The van der Waals surface area contributed by atoms with E-state index in [1.54, 1.807) is 18.2 Å². The van der Waals surface area contributed by atoms with Crippen molar-refractivity contribution in [3.05, 3.63) is 46.6 Å². The smallest absolute Gasteiger partial charge is 0.263 e. The molecule has 0 aliphatic carbocycles. The van der Waals surface area contributed by atoms with Crippen LogP contribution in [0, 0.1) is 0 Å². The lowest BCUT2D eigenvalue weighted by Gasteiger charge is -2.09. The molecular formula is C11H10Cl2N4O2S. The molecule has 6 nitrogen and oxygen atoms in total. The molecule has 20 heavy (non-hydrogen) atoms. The number of nitrogens with two attached hydrogens (primary N) is 1. The first-order valence-electron chi connectivity index (χ1n) is 5.33. The zero-order valence-corrected chi connectivity index (χ0v) is 12.3. The number of hydrogen-bond acceptors (Lipinski definition) is 5. The molecule has 0 bridgehead atoms. The van der Waals surface area contributed by atoms with Crippen LogP contribution in [-0.2, 0) is 10.0 Å². The highest BCUT2D eigenvalue weighted by Crippen LogP contribution is 2.24. The van der Waals surface area contributed by atoms with E-state index in [0.717, 1.165) is 6.20 Å². The van der Waals surface area contributed by atoms with Crippen LogP contribution in [0.3, 0.4) is 0 Å². The highest BCUT2D eigenvalue weighted by Gasteiger charge is 2.16. The number of aromatic nitrogens is 1. The predicted molar refractivity (Wildman–Crippen MR) is 79.3 cm³/mol. The maximum atomic E-state index is 12.2. The Hall–Kier alpha value is -1.54. The van der Waals surface area contributed by atoms with E-state index in [0.29, 0.717) is 10.7 Å². The number of hydrazine groups is 1. The van der Waals surface area contributed by atoms with Gasteiger partial charge in [0.05, 0.1) is 10.7 Å². The second kappa shape index (κ2) is 5.84. The fourth-order valence-electron chi connectivity index (χ4n) is 1.44. The van der Waals surface area contributed by atoms with Crippen LogP contribution in [-0.4, -0.2) is 13.4 Å². The summed E-state index contributed by atoms with van der Waals surface area (Å²) in [5.74, 6) is 5.36. The monoisotopic (exact) mass is 332 g/mol. The molecule has 0 unspecified atom stereocenters. The van der Waals surface area contributed by atoms with Gasteiger partial charge >= 0.3 is 0 Å². The van der Waals surface area contributed by atoms with Gasteiger partial charge in [0.1, 0.15) is 4.90 Å². The Labute approximate surface area is 125 Å². The third kappa shape index (κ3) is 3.31. The highest BCUT2D eigenvalue weighted by atomic mass is 35.5. The van der Waals surface area contributed by atoms with Gasteiger partial charge in [-0.1, -0.05) is 29.3 Å². The van der Waals surface area contributed by atoms with Gasteiger partial charge in [0.15, 0.2) is 5.82 Å². The van der Waals surface area contributed by atoms with Crippen molar-refractivity contribution >= 4 is 44.7 Å². The SMILES string of the molecule is NNc1ncc(S(=O)(=O)Nc2cccc(Cl)c2)cc1Cl. The molecule has 2 rings (SSSR count). The lowest BCUT2D eigenvalue weighted by molar-refractivity contribution is 0.601. The number of halogens is 2. The molecule has 1 heterocycles. The molecular weight excluding hydrogens is 323 g/mol. The second-order valence-electron chi connectivity index (χ2n) is 3.76. The Bertz CT molecular complexity index is 737. The molecule has 9 heteroatoms. The number of pyridine rings is 1. The van der Waals surface area contributed by atoms with Crippen LogP contribution >= 0.6 is 23.2 Å². The lowest BCUT2D eigenvalue weighted by atomic mass is 10.3. The van der Waals surface area contributed by atoms with Crippen molar-refractivity contribution < 1.29 is 8.42 Å². The fraction of sp³-hybridized carbons (Fsp3) is 0. The summed E-state index contributed by atoms with van der Waals surface area (Å²) < 4.78 is 26.7. The van der Waals surface area contributed by atoms with Crippen LogP contribution in [0.4, 0.5) is 11.5 Å². The molecule has 0 atom stereocenters. The van der Waals surface area contributed by atoms with E-state index in [1.807, 2.05) is 0 Å². The lowest BCUT2D eigenvalue weighted by Crippen LogP contribution is -2.14. The molecule has 4 N–H and O–H groups in total. The summed E-state index contributed by atoms with van der Waals surface area (Å²) in [6.07, 6.45) is 1.15. The Balaban J connectivity index is 2.33. The van der Waals surface area contributed by atoms with Gasteiger partial charge in [-0.15, -0.1) is 0 Å². The van der Waals surface area contributed by atoms with Gasteiger partial charge in [-0.2, -0.15) is 0 Å². The number of rotatable bonds is 4. The number of benzene rings is 1. The normalized spacial score (nSPS) is 11.2. The van der Waals surface area contributed by atoms with Crippen molar-refractivity contribution in [1.29, 1.82) is 0 Å². The van der Waals surface area contributed by atoms with Gasteiger partial charge < -0.3 is 5.43 Å². The molecule has 0 saturated carbocycles. The van der Waals surface area contributed by atoms with E-state index >= 15 is 0 Å². The van der Waals surface area contributed by atoms with E-state index in [1.165, 1.54) is 12.1 Å². The quantitative estimate of drug-likeness (QED) is 0.590. The summed E-state index contributed by atoms with van der Waals surface area (Å²) in [6, 6.07) is 7.58. The Morgan fingerprint density at radius 3 is 2.55 bits per heavy atom. The fourth-order valence-corrected chi connectivity index (χ4v) is 2.94. The molecule has 0 radical (unpaired) electrons. The van der Waals surface area contributed by atoms with Crippen molar-refractivity contribution in [2.45, 2.75) is 4.90 Å². The van der Waals surface area contributed by atoms with E-state index in [-0.39, 0.29) is 15.7 Å². The highest BCUT2D eigenvalue weighted by molar-refractivity contribution is 7.92. The predicted octanol–water partition coefficient (Wildman–Crippen LogP) is 2.47. The van der Waals surface area contributed by atoms with E-state index < -0.39 is 10.0 Å². The first-order chi connectivity index (χ1) is 9.42. The number of nitrogen functional groups attached to an aromatic ring is 1. The topological polar surface area (TPSA) is 97.1 Å². The number of nitrogens with one attached hydrogen (secondary N) is 2. The molecule has 1 aromatic heterocycles. The van der Waals surface area contributed by atoms with Gasteiger partial charge in [-0.05, 0) is 24.3 Å². The first kappa shape index (κ1) is 14.9. The van der Waals surface area contributed by atoms with Crippen molar-refractivity contribution in [2.75, 3.05) is 10.1 Å². The number of nitrogens with zero attached hydrogens (tertiary/aromatic N) is 1. The van der Waals surface area contributed by atoms with E-state index in [9.17, 15) is 8.42 Å². The van der Waals surface area contributed by atoms with Crippen LogP contribution in [0.1, 0.15) is 0 Å². The maximum absolute atomic E-state index is 12.2. The minimum absolute atomic E-state index is 0.0820. The molecule has 106 valence electrons. The standard InChI is InChI=1S/C11H10Cl2N4O2S/c12-7-2-1-3-8(4-7)17-20(18,19)9-5-10(13)11(16-14)15-6-9/h1-6,17H,14H2,(H,15,16). The van der Waals surface area contributed by atoms with E-state index in [4.69, 9.17) is 29.0 Å². The van der Waals surface area contributed by atoms with Crippen molar-refractivity contribution in [1.82, 2.24) is 4.98 Å². The number of anilines is 2. The summed E-state index contributed by atoms with van der Waals surface area (Å²) in [6.45, 7) is 0. The average Bonchev–Trinajstić information content (AvgIpc) is 2.38. The third-order valence-electron chi connectivity index (χ3n) is 2.34. The van der Waals surface area contributed by atoms with Gasteiger partial charge in [0.25, 0.3) is 10.0 Å². The summed E-state index contributed by atoms with van der Waals surface area (Å²) in [5.41, 5.74) is 2.60. The van der Waals surface area contributed by atoms with Gasteiger partial charge in [0.2, 0.25) is 0 Å². The molecule has 0 fully saturated rings. The minimum atomic E-state index is -3.80. The van der Waals surface area contributed by atoms with Gasteiger partial charge in [-0.25, -0.2) is 19.2 Å². The van der Waals surface area contributed by atoms with Crippen LogP contribution < -0.4 is 16.0 Å². The third-order valence-corrected chi connectivity index (χ3v) is 4.21. The molecule has 0 aliphatic rings. The first-order valence-corrected chi connectivity index (χ1v) is 7.57. The Morgan fingerprint density at radius 1 is 1.20 bits per heavy atom. The minimum Gasteiger partial charge on any atom is -0.307 e. The Morgan fingerprint density at radius 2 is 1.95 bits per heavy atom.